The second-order valence-electron chi connectivity index (χ2n) is 5.02. The van der Waals surface area contributed by atoms with Crippen LogP contribution in [0.2, 0.25) is 0 Å². The fourth-order valence-corrected chi connectivity index (χ4v) is 2.56. The molecule has 0 atom stereocenters. The molecule has 0 fully saturated rings. The molecule has 0 aliphatic heterocycles. The third-order valence-electron chi connectivity index (χ3n) is 3.05. The van der Waals surface area contributed by atoms with Gasteiger partial charge in [-0.3, -0.25) is 4.79 Å². The molecule has 0 saturated heterocycles. The minimum atomic E-state index is -4.66. The molecule has 1 amide bonds. The van der Waals surface area contributed by atoms with Gasteiger partial charge in [-0.25, -0.2) is 4.57 Å². The molecule has 0 radical (unpaired) electrons. The highest BCUT2D eigenvalue weighted by molar-refractivity contribution is 7.69. The van der Waals surface area contributed by atoms with Gasteiger partial charge in [0.2, 0.25) is 0 Å². The highest BCUT2D eigenvalue weighted by atomic mass is 31.2. The molecule has 0 spiro atoms. The maximum absolute atomic E-state index is 11.5. The van der Waals surface area contributed by atoms with E-state index in [9.17, 15) is 9.36 Å². The van der Waals surface area contributed by atoms with Crippen molar-refractivity contribution in [3.63, 3.8) is 0 Å². The normalized spacial score (nSPS) is 12.6. The quantitative estimate of drug-likeness (QED) is 0.723. The number of hydrogen-bond acceptors (Lipinski definition) is 2. The highest BCUT2D eigenvalue weighted by Gasteiger charge is 2.33. The predicted molar refractivity (Wildman–Crippen MR) is 67.9 cm³/mol. The van der Waals surface area contributed by atoms with Crippen molar-refractivity contribution in [2.45, 2.75) is 34.6 Å². The largest absolute Gasteiger partial charge is 0.413 e. The van der Waals surface area contributed by atoms with Gasteiger partial charge in [-0.2, -0.15) is 0 Å². The van der Waals surface area contributed by atoms with Crippen LogP contribution in [0.4, 0.5) is 4.79 Å². The van der Waals surface area contributed by atoms with Crippen LogP contribution in [0.3, 0.4) is 0 Å². The first-order valence-electron chi connectivity index (χ1n) is 5.96. The molecular formula is C11H24NO4P. The van der Waals surface area contributed by atoms with Gasteiger partial charge in [0.25, 0.3) is 0 Å². The summed E-state index contributed by atoms with van der Waals surface area (Å²) in [7, 11) is -4.66. The Morgan fingerprint density at radius 2 is 1.59 bits per heavy atom. The summed E-state index contributed by atoms with van der Waals surface area (Å²) in [4.78, 5) is 30.6. The van der Waals surface area contributed by atoms with Crippen molar-refractivity contribution in [2.24, 2.45) is 17.8 Å². The summed E-state index contributed by atoms with van der Waals surface area (Å²) in [5, 5.41) is 0. The molecule has 0 aliphatic rings. The van der Waals surface area contributed by atoms with E-state index in [1.807, 2.05) is 0 Å². The summed E-state index contributed by atoms with van der Waals surface area (Å²) in [6.07, 6.45) is 0. The van der Waals surface area contributed by atoms with E-state index in [1.165, 1.54) is 4.90 Å². The molecule has 0 aromatic carbocycles. The van der Waals surface area contributed by atoms with Crippen LogP contribution in [0, 0.1) is 17.8 Å². The number of carbonyl (C=O) groups excluding carboxylic acids is 1. The monoisotopic (exact) mass is 265 g/mol. The average molecular weight is 265 g/mol. The SMILES string of the molecule is CCN(CC(C(C)C)C(C)C)C(=O)P(=O)(O)O. The van der Waals surface area contributed by atoms with Crippen molar-refractivity contribution in [3.8, 4) is 0 Å². The van der Waals surface area contributed by atoms with Crippen LogP contribution in [-0.2, 0) is 4.57 Å². The topological polar surface area (TPSA) is 77.8 Å². The maximum atomic E-state index is 11.5. The first kappa shape index (κ1) is 16.6. The van der Waals surface area contributed by atoms with Crippen LogP contribution in [0.1, 0.15) is 34.6 Å². The Balaban J connectivity index is 4.81. The van der Waals surface area contributed by atoms with E-state index in [0.717, 1.165) is 0 Å². The predicted octanol–water partition coefficient (Wildman–Crippen LogP) is 2.53. The molecule has 0 aromatic heterocycles. The smallest absolute Gasteiger partial charge is 0.332 e. The van der Waals surface area contributed by atoms with Gasteiger partial charge in [-0.15, -0.1) is 0 Å². The molecule has 2 N–H and O–H groups in total. The fraction of sp³-hybridized carbons (Fsp3) is 0.909. The van der Waals surface area contributed by atoms with Crippen molar-refractivity contribution < 1.29 is 19.1 Å². The molecule has 0 rings (SSSR count). The molecule has 0 aromatic rings. The van der Waals surface area contributed by atoms with Crippen LogP contribution in [0.15, 0.2) is 0 Å². The van der Waals surface area contributed by atoms with E-state index < -0.39 is 13.2 Å². The minimum absolute atomic E-state index is 0.241. The van der Waals surface area contributed by atoms with Crippen LogP contribution in [0.5, 0.6) is 0 Å². The fourth-order valence-electron chi connectivity index (χ4n) is 1.97. The molecular weight excluding hydrogens is 241 g/mol. The number of nitrogens with zero attached hydrogens (tertiary/aromatic N) is 1. The number of hydrogen-bond donors (Lipinski definition) is 2. The lowest BCUT2D eigenvalue weighted by atomic mass is 9.85. The zero-order valence-corrected chi connectivity index (χ0v) is 12.1. The summed E-state index contributed by atoms with van der Waals surface area (Å²) in [5.74, 6) is 0.979. The van der Waals surface area contributed by atoms with Crippen molar-refractivity contribution in [2.75, 3.05) is 13.1 Å². The Labute approximate surface area is 103 Å². The van der Waals surface area contributed by atoms with Gasteiger partial charge in [0.1, 0.15) is 0 Å². The first-order valence-corrected chi connectivity index (χ1v) is 7.57. The second kappa shape index (κ2) is 6.53. The van der Waals surface area contributed by atoms with E-state index in [0.29, 0.717) is 24.9 Å². The van der Waals surface area contributed by atoms with Crippen LogP contribution in [-0.4, -0.2) is 33.4 Å². The molecule has 0 unspecified atom stereocenters. The Kier molecular flexibility index (Phi) is 6.38. The molecule has 5 nitrogen and oxygen atoms in total. The van der Waals surface area contributed by atoms with Crippen molar-refractivity contribution in [3.05, 3.63) is 0 Å². The van der Waals surface area contributed by atoms with E-state index in [2.05, 4.69) is 27.7 Å². The van der Waals surface area contributed by atoms with Gasteiger partial charge in [0.15, 0.2) is 0 Å². The summed E-state index contributed by atoms with van der Waals surface area (Å²) in [5.41, 5.74) is -1.06. The Morgan fingerprint density at radius 3 is 1.82 bits per heavy atom. The molecule has 0 saturated carbocycles. The van der Waals surface area contributed by atoms with Gasteiger partial charge < -0.3 is 14.7 Å². The zero-order chi connectivity index (χ0) is 13.8. The molecule has 0 bridgehead atoms. The number of carbonyl (C=O) groups is 1. The Bertz CT molecular complexity index is 290. The summed E-state index contributed by atoms with van der Waals surface area (Å²) < 4.78 is 11.0. The van der Waals surface area contributed by atoms with Crippen molar-refractivity contribution in [1.29, 1.82) is 0 Å². The molecule has 102 valence electrons. The number of amides is 1. The summed E-state index contributed by atoms with van der Waals surface area (Å²) in [6.45, 7) is 10.7. The van der Waals surface area contributed by atoms with Gasteiger partial charge in [-0.1, -0.05) is 27.7 Å². The van der Waals surface area contributed by atoms with Crippen LogP contribution in [0.25, 0.3) is 0 Å². The van der Waals surface area contributed by atoms with E-state index in [-0.39, 0.29) is 5.92 Å². The van der Waals surface area contributed by atoms with Gasteiger partial charge in [-0.05, 0) is 24.7 Å². The average Bonchev–Trinajstić information content (AvgIpc) is 2.15. The Morgan fingerprint density at radius 1 is 1.18 bits per heavy atom. The lowest BCUT2D eigenvalue weighted by Crippen LogP contribution is -2.37. The summed E-state index contributed by atoms with van der Waals surface area (Å²) >= 11 is 0. The van der Waals surface area contributed by atoms with E-state index in [1.54, 1.807) is 6.92 Å². The zero-order valence-electron chi connectivity index (χ0n) is 11.3. The van der Waals surface area contributed by atoms with Gasteiger partial charge in [0.05, 0.1) is 0 Å². The lowest BCUT2D eigenvalue weighted by molar-refractivity contribution is 0.175. The molecule has 0 heterocycles. The van der Waals surface area contributed by atoms with E-state index in [4.69, 9.17) is 9.79 Å². The summed E-state index contributed by atoms with van der Waals surface area (Å²) in [6, 6.07) is 0. The van der Waals surface area contributed by atoms with Crippen molar-refractivity contribution >= 4 is 13.2 Å². The standard InChI is InChI=1S/C11H24NO4P/c1-6-12(11(13)17(14,15)16)7-10(8(2)3)9(4)5/h8-10H,6-7H2,1-5H3,(H2,14,15,16). The van der Waals surface area contributed by atoms with Gasteiger partial charge in [0, 0.05) is 13.1 Å². The van der Waals surface area contributed by atoms with Gasteiger partial charge >= 0.3 is 13.2 Å². The molecule has 6 heteroatoms. The van der Waals surface area contributed by atoms with Crippen LogP contribution >= 0.6 is 7.60 Å². The second-order valence-corrected chi connectivity index (χ2v) is 6.49. The van der Waals surface area contributed by atoms with E-state index >= 15 is 0 Å². The maximum Gasteiger partial charge on any atom is 0.413 e. The third kappa shape index (κ3) is 5.19. The van der Waals surface area contributed by atoms with Crippen molar-refractivity contribution in [1.82, 2.24) is 4.90 Å². The third-order valence-corrected chi connectivity index (χ3v) is 3.83. The minimum Gasteiger partial charge on any atom is -0.332 e. The molecule has 17 heavy (non-hydrogen) atoms. The molecule has 0 aliphatic carbocycles. The Hall–Kier alpha value is -0.380. The lowest BCUT2D eigenvalue weighted by Gasteiger charge is -2.31. The highest BCUT2D eigenvalue weighted by Crippen LogP contribution is 2.38. The van der Waals surface area contributed by atoms with Crippen LogP contribution < -0.4 is 0 Å². The first-order chi connectivity index (χ1) is 7.61. The number of rotatable bonds is 6.